The monoisotopic (exact) mass is 362 g/mol. The first-order valence-corrected chi connectivity index (χ1v) is 8.20. The van der Waals surface area contributed by atoms with Gasteiger partial charge >= 0.3 is 6.18 Å². The normalized spacial score (nSPS) is 17.8. The summed E-state index contributed by atoms with van der Waals surface area (Å²) in [6, 6.07) is 12.5. The van der Waals surface area contributed by atoms with Crippen molar-refractivity contribution in [2.75, 3.05) is 11.9 Å². The molecule has 1 heterocycles. The number of allylic oxidation sites excluding steroid dienone is 1. The average Bonchev–Trinajstić information content (AvgIpc) is 3.08. The highest BCUT2D eigenvalue weighted by atomic mass is 19.4. The first-order chi connectivity index (χ1) is 12.4. The molecule has 136 valence electrons. The Hall–Kier alpha value is -2.83. The number of nitrogens with zero attached hydrogens (tertiary/aromatic N) is 1. The van der Waals surface area contributed by atoms with Gasteiger partial charge in [0.2, 0.25) is 5.91 Å². The third-order valence-corrected chi connectivity index (χ3v) is 4.34. The van der Waals surface area contributed by atoms with Crippen molar-refractivity contribution in [3.05, 3.63) is 54.7 Å². The maximum atomic E-state index is 12.6. The van der Waals surface area contributed by atoms with Crippen LogP contribution in [-0.4, -0.2) is 35.4 Å². The van der Waals surface area contributed by atoms with E-state index in [0.29, 0.717) is 31.1 Å². The van der Waals surface area contributed by atoms with Gasteiger partial charge in [-0.05, 0) is 24.3 Å². The number of halogens is 3. The Morgan fingerprint density at radius 1 is 1.12 bits per heavy atom. The molecule has 1 N–H and O–H groups in total. The van der Waals surface area contributed by atoms with Gasteiger partial charge in [0.15, 0.2) is 0 Å². The molecule has 1 unspecified atom stereocenters. The van der Waals surface area contributed by atoms with Crippen LogP contribution in [0.1, 0.15) is 12.8 Å². The number of rotatable bonds is 4. The first kappa shape index (κ1) is 18.0. The van der Waals surface area contributed by atoms with Crippen LogP contribution in [0.4, 0.5) is 18.9 Å². The number of anilines is 1. The van der Waals surface area contributed by atoms with E-state index >= 15 is 0 Å². The van der Waals surface area contributed by atoms with Gasteiger partial charge in [-0.3, -0.25) is 9.59 Å². The molecule has 1 atom stereocenters. The van der Waals surface area contributed by atoms with Crippen LogP contribution < -0.4 is 5.32 Å². The zero-order valence-corrected chi connectivity index (χ0v) is 13.8. The molecule has 1 amide bonds. The zero-order valence-electron chi connectivity index (χ0n) is 13.8. The minimum absolute atomic E-state index is 0.303. The number of hydrogen-bond acceptors (Lipinski definition) is 3. The number of fused-ring (bicyclic) bond motifs is 1. The fourth-order valence-corrected chi connectivity index (χ4v) is 3.06. The van der Waals surface area contributed by atoms with Crippen molar-refractivity contribution in [3.8, 4) is 0 Å². The average molecular weight is 362 g/mol. The second-order valence-electron chi connectivity index (χ2n) is 6.09. The maximum absolute atomic E-state index is 12.6. The molecule has 0 aromatic heterocycles. The van der Waals surface area contributed by atoms with E-state index in [9.17, 15) is 22.8 Å². The summed E-state index contributed by atoms with van der Waals surface area (Å²) < 4.78 is 36.9. The van der Waals surface area contributed by atoms with E-state index in [0.717, 1.165) is 17.0 Å². The van der Waals surface area contributed by atoms with E-state index in [2.05, 4.69) is 5.32 Å². The third kappa shape index (κ3) is 3.87. The standard InChI is InChI=1S/C19H17F3N2O2/c20-19(21,22)17(25)10-12-24-11-4-9-16(24)18(26)23-15-8-3-6-13-5-1-2-7-14(13)15/h1-3,5-8,10,12,16H,4,9,11H2,(H,23,26)/b12-10+. The number of carbonyl (C=O) groups excluding carboxylic acids is 2. The van der Waals surface area contributed by atoms with Gasteiger partial charge in [-0.25, -0.2) is 0 Å². The molecule has 0 saturated carbocycles. The Balaban J connectivity index is 1.74. The van der Waals surface area contributed by atoms with Crippen LogP contribution in [0.3, 0.4) is 0 Å². The fourth-order valence-electron chi connectivity index (χ4n) is 3.06. The van der Waals surface area contributed by atoms with Gasteiger partial charge in [0, 0.05) is 29.9 Å². The minimum atomic E-state index is -4.91. The van der Waals surface area contributed by atoms with Crippen molar-refractivity contribution in [1.29, 1.82) is 0 Å². The summed E-state index contributed by atoms with van der Waals surface area (Å²) in [4.78, 5) is 25.1. The lowest BCUT2D eigenvalue weighted by Crippen LogP contribution is -2.37. The van der Waals surface area contributed by atoms with Crippen LogP contribution >= 0.6 is 0 Å². The van der Waals surface area contributed by atoms with Gasteiger partial charge in [0.25, 0.3) is 5.78 Å². The number of benzene rings is 2. The summed E-state index contributed by atoms with van der Waals surface area (Å²) in [6.45, 7) is 0.426. The van der Waals surface area contributed by atoms with Crippen molar-refractivity contribution in [1.82, 2.24) is 4.90 Å². The highest BCUT2D eigenvalue weighted by Crippen LogP contribution is 2.25. The molecule has 0 radical (unpaired) electrons. The van der Waals surface area contributed by atoms with Gasteiger partial charge in [-0.2, -0.15) is 13.2 Å². The second-order valence-corrected chi connectivity index (χ2v) is 6.09. The largest absolute Gasteiger partial charge is 0.454 e. The number of carbonyl (C=O) groups is 2. The Bertz CT molecular complexity index is 856. The van der Waals surface area contributed by atoms with Crippen molar-refractivity contribution in [3.63, 3.8) is 0 Å². The highest BCUT2D eigenvalue weighted by molar-refractivity contribution is 6.04. The van der Waals surface area contributed by atoms with Crippen molar-refractivity contribution >= 4 is 28.2 Å². The van der Waals surface area contributed by atoms with E-state index in [1.54, 1.807) is 6.07 Å². The second kappa shape index (κ2) is 7.19. The molecule has 0 aliphatic carbocycles. The van der Waals surface area contributed by atoms with Crippen LogP contribution in [0, 0.1) is 0 Å². The van der Waals surface area contributed by atoms with Crippen molar-refractivity contribution in [2.24, 2.45) is 0 Å². The Labute approximate surface area is 148 Å². The molecule has 2 aromatic carbocycles. The number of alkyl halides is 3. The van der Waals surface area contributed by atoms with Crippen LogP contribution in [0.2, 0.25) is 0 Å². The third-order valence-electron chi connectivity index (χ3n) is 4.34. The number of ketones is 1. The smallest absolute Gasteiger partial charge is 0.365 e. The van der Waals surface area contributed by atoms with Crippen LogP contribution in [0.25, 0.3) is 10.8 Å². The van der Waals surface area contributed by atoms with E-state index in [-0.39, 0.29) is 5.91 Å². The Kier molecular flexibility index (Phi) is 4.97. The molecule has 7 heteroatoms. The minimum Gasteiger partial charge on any atom is -0.365 e. The van der Waals surface area contributed by atoms with E-state index in [1.165, 1.54) is 4.90 Å². The molecule has 3 rings (SSSR count). The number of hydrogen-bond donors (Lipinski definition) is 1. The molecule has 26 heavy (non-hydrogen) atoms. The molecule has 1 fully saturated rings. The van der Waals surface area contributed by atoms with Gasteiger partial charge in [-0.15, -0.1) is 0 Å². The van der Waals surface area contributed by atoms with Gasteiger partial charge < -0.3 is 10.2 Å². The summed E-state index contributed by atoms with van der Waals surface area (Å²) in [5.41, 5.74) is 0.648. The summed E-state index contributed by atoms with van der Waals surface area (Å²) in [5, 5.41) is 4.71. The molecular weight excluding hydrogens is 345 g/mol. The molecular formula is C19H17F3N2O2. The lowest BCUT2D eigenvalue weighted by Gasteiger charge is -2.22. The molecule has 4 nitrogen and oxygen atoms in total. The van der Waals surface area contributed by atoms with Crippen LogP contribution in [-0.2, 0) is 9.59 Å². The first-order valence-electron chi connectivity index (χ1n) is 8.20. The molecule has 1 saturated heterocycles. The zero-order chi connectivity index (χ0) is 18.7. The van der Waals surface area contributed by atoms with E-state index in [1.807, 2.05) is 36.4 Å². The summed E-state index contributed by atoms with van der Waals surface area (Å²) >= 11 is 0. The van der Waals surface area contributed by atoms with Gasteiger partial charge in [0.1, 0.15) is 6.04 Å². The molecule has 0 bridgehead atoms. The summed E-state index contributed by atoms with van der Waals surface area (Å²) in [5.74, 6) is -2.24. The number of likely N-dealkylation sites (tertiary alicyclic amines) is 1. The van der Waals surface area contributed by atoms with Crippen molar-refractivity contribution in [2.45, 2.75) is 25.1 Å². The predicted octanol–water partition coefficient (Wildman–Crippen LogP) is 3.89. The number of nitrogens with one attached hydrogen (secondary N) is 1. The summed E-state index contributed by atoms with van der Waals surface area (Å²) in [6.07, 6.45) is -2.18. The Morgan fingerprint density at radius 3 is 2.62 bits per heavy atom. The van der Waals surface area contributed by atoms with Crippen LogP contribution in [0.5, 0.6) is 0 Å². The lowest BCUT2D eigenvalue weighted by molar-refractivity contribution is -0.165. The molecule has 1 aliphatic heterocycles. The predicted molar refractivity (Wildman–Crippen MR) is 92.5 cm³/mol. The molecule has 1 aliphatic rings. The number of amides is 1. The Morgan fingerprint density at radius 2 is 1.85 bits per heavy atom. The van der Waals surface area contributed by atoms with Crippen LogP contribution in [0.15, 0.2) is 54.7 Å². The molecule has 0 spiro atoms. The van der Waals surface area contributed by atoms with Gasteiger partial charge in [0.05, 0.1) is 0 Å². The van der Waals surface area contributed by atoms with Gasteiger partial charge in [-0.1, -0.05) is 36.4 Å². The topological polar surface area (TPSA) is 49.4 Å². The van der Waals surface area contributed by atoms with E-state index in [4.69, 9.17) is 0 Å². The summed E-state index contributed by atoms with van der Waals surface area (Å²) in [7, 11) is 0. The molecule has 2 aromatic rings. The lowest BCUT2D eigenvalue weighted by atomic mass is 10.1. The van der Waals surface area contributed by atoms with E-state index < -0.39 is 18.0 Å². The fraction of sp³-hybridized carbons (Fsp3) is 0.263. The quantitative estimate of drug-likeness (QED) is 0.840. The highest BCUT2D eigenvalue weighted by Gasteiger charge is 2.37. The SMILES string of the molecule is O=C(Nc1cccc2ccccc12)C1CCCN1/C=C/C(=O)C(F)(F)F. The van der Waals surface area contributed by atoms with Crippen molar-refractivity contribution < 1.29 is 22.8 Å². The maximum Gasteiger partial charge on any atom is 0.454 e.